The number of anilines is 1. The largest absolute Gasteiger partial charge is 0.485 e. The smallest absolute Gasteiger partial charge is 0.269 e. The zero-order chi connectivity index (χ0) is 26.5. The summed E-state index contributed by atoms with van der Waals surface area (Å²) >= 11 is 1.24. The number of amides is 1. The van der Waals surface area contributed by atoms with Crippen LogP contribution in [0.2, 0.25) is 0 Å². The SMILES string of the molecule is Cc1cc([N+](=O)[O-])ccc1NC(=O)CSc1nnc(COc2cccc3ccccc23)n1-c1ccccc1. The number of nitro groups is 1. The molecule has 0 fully saturated rings. The lowest BCUT2D eigenvalue weighted by Crippen LogP contribution is -2.15. The van der Waals surface area contributed by atoms with Crippen LogP contribution in [0.4, 0.5) is 11.4 Å². The number of rotatable bonds is 9. The minimum absolute atomic E-state index is 0.0240. The predicted molar refractivity (Wildman–Crippen MR) is 147 cm³/mol. The number of aryl methyl sites for hydroxylation is 1. The highest BCUT2D eigenvalue weighted by molar-refractivity contribution is 7.99. The maximum Gasteiger partial charge on any atom is 0.269 e. The van der Waals surface area contributed by atoms with Gasteiger partial charge in [-0.25, -0.2) is 0 Å². The average Bonchev–Trinajstić information content (AvgIpc) is 3.35. The molecule has 38 heavy (non-hydrogen) atoms. The van der Waals surface area contributed by atoms with Crippen LogP contribution in [0, 0.1) is 17.0 Å². The van der Waals surface area contributed by atoms with Crippen molar-refractivity contribution >= 4 is 39.8 Å². The van der Waals surface area contributed by atoms with Crippen LogP contribution in [-0.4, -0.2) is 31.3 Å². The normalized spacial score (nSPS) is 10.9. The second-order valence-electron chi connectivity index (χ2n) is 8.43. The van der Waals surface area contributed by atoms with Crippen LogP contribution in [0.3, 0.4) is 0 Å². The Kier molecular flexibility index (Phi) is 7.32. The van der Waals surface area contributed by atoms with Crippen molar-refractivity contribution in [3.63, 3.8) is 0 Å². The number of hydrogen-bond acceptors (Lipinski definition) is 7. The van der Waals surface area contributed by atoms with Crippen LogP contribution in [0.5, 0.6) is 5.75 Å². The van der Waals surface area contributed by atoms with E-state index in [4.69, 9.17) is 4.74 Å². The predicted octanol–water partition coefficient (Wildman–Crippen LogP) is 5.95. The second-order valence-corrected chi connectivity index (χ2v) is 9.37. The number of non-ortho nitro benzene ring substituents is 1. The van der Waals surface area contributed by atoms with Crippen LogP contribution >= 0.6 is 11.8 Å². The quantitative estimate of drug-likeness (QED) is 0.144. The number of carbonyl (C=O) groups excluding carboxylic acids is 1. The first-order valence-electron chi connectivity index (χ1n) is 11.8. The summed E-state index contributed by atoms with van der Waals surface area (Å²) in [6.07, 6.45) is 0. The van der Waals surface area contributed by atoms with Gasteiger partial charge in [0.2, 0.25) is 5.91 Å². The summed E-state index contributed by atoms with van der Waals surface area (Å²) in [5, 5.41) is 25.1. The van der Waals surface area contributed by atoms with E-state index >= 15 is 0 Å². The van der Waals surface area contributed by atoms with Gasteiger partial charge in [-0.2, -0.15) is 0 Å². The number of para-hydroxylation sites is 1. The molecular weight excluding hydrogens is 502 g/mol. The van der Waals surface area contributed by atoms with Gasteiger partial charge >= 0.3 is 0 Å². The van der Waals surface area contributed by atoms with Crippen LogP contribution in [-0.2, 0) is 11.4 Å². The molecule has 1 N–H and O–H groups in total. The Labute approximate surface area is 222 Å². The van der Waals surface area contributed by atoms with E-state index in [1.54, 1.807) is 6.92 Å². The fraction of sp³-hybridized carbons (Fsp3) is 0.107. The molecule has 4 aromatic carbocycles. The molecule has 0 atom stereocenters. The van der Waals surface area contributed by atoms with Crippen molar-refractivity contribution in [1.82, 2.24) is 14.8 Å². The molecule has 1 heterocycles. The zero-order valence-electron chi connectivity index (χ0n) is 20.4. The number of nitro benzene ring substituents is 1. The number of ether oxygens (including phenoxy) is 1. The molecule has 0 unspecified atom stereocenters. The fourth-order valence-corrected chi connectivity index (χ4v) is 4.78. The van der Waals surface area contributed by atoms with E-state index in [1.165, 1.54) is 30.0 Å². The van der Waals surface area contributed by atoms with Gasteiger partial charge in [0.1, 0.15) is 12.4 Å². The molecule has 5 rings (SSSR count). The minimum atomic E-state index is -0.466. The maximum absolute atomic E-state index is 12.7. The molecule has 0 aliphatic rings. The van der Waals surface area contributed by atoms with Crippen LogP contribution in [0.15, 0.2) is 96.2 Å². The van der Waals surface area contributed by atoms with E-state index in [9.17, 15) is 14.9 Å². The Bertz CT molecular complexity index is 1620. The van der Waals surface area contributed by atoms with Crippen molar-refractivity contribution in [3.05, 3.63) is 112 Å². The highest BCUT2D eigenvalue weighted by Gasteiger charge is 2.18. The van der Waals surface area contributed by atoms with Gasteiger partial charge in [0.25, 0.3) is 5.69 Å². The summed E-state index contributed by atoms with van der Waals surface area (Å²) in [6, 6.07) is 27.9. The van der Waals surface area contributed by atoms with Crippen molar-refractivity contribution in [2.45, 2.75) is 18.7 Å². The fourth-order valence-electron chi connectivity index (χ4n) is 4.01. The molecule has 0 saturated carbocycles. The third kappa shape index (κ3) is 5.50. The molecule has 0 radical (unpaired) electrons. The number of hydrogen-bond donors (Lipinski definition) is 1. The lowest BCUT2D eigenvalue weighted by molar-refractivity contribution is -0.384. The summed E-state index contributed by atoms with van der Waals surface area (Å²) in [5.41, 5.74) is 1.96. The van der Waals surface area contributed by atoms with E-state index < -0.39 is 4.92 Å². The van der Waals surface area contributed by atoms with Crippen LogP contribution in [0.1, 0.15) is 11.4 Å². The van der Waals surface area contributed by atoms with E-state index in [1.807, 2.05) is 77.4 Å². The summed E-state index contributed by atoms with van der Waals surface area (Å²) in [7, 11) is 0. The second kappa shape index (κ2) is 11.1. The van der Waals surface area contributed by atoms with Gasteiger partial charge in [-0.15, -0.1) is 10.2 Å². The minimum Gasteiger partial charge on any atom is -0.485 e. The molecule has 10 heteroatoms. The number of carbonyl (C=O) groups is 1. The van der Waals surface area contributed by atoms with E-state index in [0.717, 1.165) is 22.2 Å². The molecule has 0 bridgehead atoms. The van der Waals surface area contributed by atoms with Gasteiger partial charge in [0.05, 0.1) is 10.7 Å². The van der Waals surface area contributed by atoms with Crippen molar-refractivity contribution in [1.29, 1.82) is 0 Å². The van der Waals surface area contributed by atoms with E-state index in [0.29, 0.717) is 22.2 Å². The summed E-state index contributed by atoms with van der Waals surface area (Å²) in [4.78, 5) is 23.2. The first kappa shape index (κ1) is 25.0. The Morgan fingerprint density at radius 2 is 1.76 bits per heavy atom. The zero-order valence-corrected chi connectivity index (χ0v) is 21.2. The van der Waals surface area contributed by atoms with Crippen molar-refractivity contribution in [2.24, 2.45) is 0 Å². The molecule has 0 saturated heterocycles. The average molecular weight is 526 g/mol. The van der Waals surface area contributed by atoms with Crippen molar-refractivity contribution in [2.75, 3.05) is 11.1 Å². The highest BCUT2D eigenvalue weighted by atomic mass is 32.2. The lowest BCUT2D eigenvalue weighted by Gasteiger charge is -2.12. The number of fused-ring (bicyclic) bond motifs is 1. The maximum atomic E-state index is 12.7. The standard InChI is InChI=1S/C28H23N5O4S/c1-19-16-22(33(35)36)14-15-24(19)29-27(34)18-38-28-31-30-26(32(28)21-10-3-2-4-11-21)17-37-25-13-7-9-20-8-5-6-12-23(20)25/h2-16H,17-18H2,1H3,(H,29,34). The topological polar surface area (TPSA) is 112 Å². The molecule has 0 aliphatic heterocycles. The lowest BCUT2D eigenvalue weighted by atomic mass is 10.1. The van der Waals surface area contributed by atoms with Crippen LogP contribution < -0.4 is 10.1 Å². The number of nitrogens with one attached hydrogen (secondary N) is 1. The molecule has 0 aliphatic carbocycles. The van der Waals surface area contributed by atoms with Gasteiger partial charge in [0, 0.05) is 28.9 Å². The van der Waals surface area contributed by atoms with Crippen molar-refractivity contribution < 1.29 is 14.5 Å². The number of thioether (sulfide) groups is 1. The number of nitrogens with zero attached hydrogens (tertiary/aromatic N) is 4. The summed E-state index contributed by atoms with van der Waals surface area (Å²) in [6.45, 7) is 1.90. The molecule has 190 valence electrons. The molecule has 1 aromatic heterocycles. The summed E-state index contributed by atoms with van der Waals surface area (Å²) < 4.78 is 8.04. The molecule has 9 nitrogen and oxygen atoms in total. The molecule has 5 aromatic rings. The third-order valence-electron chi connectivity index (χ3n) is 5.85. The van der Waals surface area contributed by atoms with Crippen molar-refractivity contribution in [3.8, 4) is 11.4 Å². The van der Waals surface area contributed by atoms with Gasteiger partial charge < -0.3 is 10.1 Å². The molecule has 1 amide bonds. The summed E-state index contributed by atoms with van der Waals surface area (Å²) in [5.74, 6) is 1.16. The van der Waals surface area contributed by atoms with Crippen LogP contribution in [0.25, 0.3) is 16.5 Å². The Balaban J connectivity index is 1.33. The van der Waals surface area contributed by atoms with E-state index in [2.05, 4.69) is 15.5 Å². The monoisotopic (exact) mass is 525 g/mol. The Hall–Kier alpha value is -4.70. The van der Waals surface area contributed by atoms with Gasteiger partial charge in [-0.1, -0.05) is 66.4 Å². The first-order chi connectivity index (χ1) is 18.5. The van der Waals surface area contributed by atoms with Gasteiger partial charge in [0.15, 0.2) is 11.0 Å². The molecule has 0 spiro atoms. The highest BCUT2D eigenvalue weighted by Crippen LogP contribution is 2.28. The van der Waals surface area contributed by atoms with Gasteiger partial charge in [-0.3, -0.25) is 19.5 Å². The van der Waals surface area contributed by atoms with Gasteiger partial charge in [-0.05, 0) is 42.1 Å². The van der Waals surface area contributed by atoms with E-state index in [-0.39, 0.29) is 24.0 Å². The molecular formula is C28H23N5O4S. The first-order valence-corrected chi connectivity index (χ1v) is 12.8. The third-order valence-corrected chi connectivity index (χ3v) is 6.78. The Morgan fingerprint density at radius 3 is 2.55 bits per heavy atom. The Morgan fingerprint density at radius 1 is 1.00 bits per heavy atom. The number of benzene rings is 4. The number of aromatic nitrogens is 3.